The first kappa shape index (κ1) is 8.31. The third kappa shape index (κ3) is 2.37. The third-order valence-corrected chi connectivity index (χ3v) is 1.90. The molecular formula is C9H15NO. The third-order valence-electron chi connectivity index (χ3n) is 1.90. The molecule has 0 N–H and O–H groups in total. The van der Waals surface area contributed by atoms with Crippen molar-refractivity contribution >= 4 is 6.21 Å². The van der Waals surface area contributed by atoms with E-state index in [1.165, 1.54) is 0 Å². The molecule has 62 valence electrons. The Morgan fingerprint density at radius 3 is 2.82 bits per heavy atom. The molecule has 2 nitrogen and oxygen atoms in total. The van der Waals surface area contributed by atoms with Gasteiger partial charge in [-0.25, -0.2) is 4.99 Å². The van der Waals surface area contributed by atoms with E-state index in [2.05, 4.69) is 18.8 Å². The molecule has 0 aromatic rings. The van der Waals surface area contributed by atoms with Crippen molar-refractivity contribution in [2.24, 2.45) is 10.4 Å². The molecule has 0 aromatic carbocycles. The second-order valence-electron chi connectivity index (χ2n) is 3.63. The molecule has 0 aliphatic carbocycles. The van der Waals surface area contributed by atoms with Crippen molar-refractivity contribution in [2.75, 3.05) is 7.11 Å². The molecule has 0 saturated carbocycles. The number of rotatable bonds is 1. The van der Waals surface area contributed by atoms with Crippen molar-refractivity contribution in [1.29, 1.82) is 0 Å². The molecule has 0 bridgehead atoms. The topological polar surface area (TPSA) is 21.6 Å². The van der Waals surface area contributed by atoms with Gasteiger partial charge in [-0.1, -0.05) is 13.8 Å². The predicted molar refractivity (Wildman–Crippen MR) is 46.6 cm³/mol. The SMILES string of the molecule is COC1=CCC(C)(C)CC=N1. The fourth-order valence-corrected chi connectivity index (χ4v) is 1.02. The molecule has 0 unspecified atom stereocenters. The first-order valence-electron chi connectivity index (χ1n) is 3.91. The van der Waals surface area contributed by atoms with Crippen LogP contribution in [-0.4, -0.2) is 13.3 Å². The van der Waals surface area contributed by atoms with Crippen LogP contribution in [0, 0.1) is 5.41 Å². The highest BCUT2D eigenvalue weighted by Crippen LogP contribution is 2.27. The zero-order chi connectivity index (χ0) is 8.32. The standard InChI is InChI=1S/C9H15NO/c1-9(2)5-4-8(11-3)10-7-6-9/h4,7H,5-6H2,1-3H3. The summed E-state index contributed by atoms with van der Waals surface area (Å²) in [4.78, 5) is 4.15. The van der Waals surface area contributed by atoms with Crippen LogP contribution >= 0.6 is 0 Å². The van der Waals surface area contributed by atoms with Gasteiger partial charge in [-0.05, 0) is 24.3 Å². The minimum absolute atomic E-state index is 0.337. The van der Waals surface area contributed by atoms with Crippen LogP contribution in [0.1, 0.15) is 26.7 Å². The van der Waals surface area contributed by atoms with Crippen LogP contribution in [0.4, 0.5) is 0 Å². The molecule has 1 heterocycles. The van der Waals surface area contributed by atoms with Crippen molar-refractivity contribution < 1.29 is 4.74 Å². The number of allylic oxidation sites excluding steroid dienone is 1. The normalized spacial score (nSPS) is 22.3. The fraction of sp³-hybridized carbons (Fsp3) is 0.667. The van der Waals surface area contributed by atoms with Crippen molar-refractivity contribution in [1.82, 2.24) is 0 Å². The zero-order valence-corrected chi connectivity index (χ0v) is 7.42. The van der Waals surface area contributed by atoms with E-state index in [9.17, 15) is 0 Å². The van der Waals surface area contributed by atoms with E-state index >= 15 is 0 Å². The minimum Gasteiger partial charge on any atom is -0.481 e. The Morgan fingerprint density at radius 2 is 2.18 bits per heavy atom. The molecule has 1 aliphatic heterocycles. The predicted octanol–water partition coefficient (Wildman–Crippen LogP) is 2.37. The van der Waals surface area contributed by atoms with E-state index in [1.807, 2.05) is 12.3 Å². The highest BCUT2D eigenvalue weighted by Gasteiger charge is 2.17. The maximum absolute atomic E-state index is 5.03. The maximum atomic E-state index is 5.03. The summed E-state index contributed by atoms with van der Waals surface area (Å²) in [5.41, 5.74) is 0.337. The molecule has 0 saturated heterocycles. The Hall–Kier alpha value is -0.790. The van der Waals surface area contributed by atoms with Gasteiger partial charge < -0.3 is 4.74 Å². The Balaban J connectivity index is 2.68. The highest BCUT2D eigenvalue weighted by atomic mass is 16.5. The maximum Gasteiger partial charge on any atom is 0.208 e. The van der Waals surface area contributed by atoms with Gasteiger partial charge in [-0.15, -0.1) is 0 Å². The van der Waals surface area contributed by atoms with Crippen molar-refractivity contribution in [3.8, 4) is 0 Å². The van der Waals surface area contributed by atoms with E-state index in [4.69, 9.17) is 4.74 Å². The lowest BCUT2D eigenvalue weighted by Gasteiger charge is -2.18. The highest BCUT2D eigenvalue weighted by molar-refractivity contribution is 5.60. The van der Waals surface area contributed by atoms with E-state index in [0.717, 1.165) is 18.7 Å². The average molecular weight is 153 g/mol. The summed E-state index contributed by atoms with van der Waals surface area (Å²) in [5, 5.41) is 0. The fourth-order valence-electron chi connectivity index (χ4n) is 1.02. The Morgan fingerprint density at radius 1 is 1.45 bits per heavy atom. The summed E-state index contributed by atoms with van der Waals surface area (Å²) < 4.78 is 5.03. The number of methoxy groups -OCH3 is 1. The summed E-state index contributed by atoms with van der Waals surface area (Å²) in [7, 11) is 1.65. The molecule has 11 heavy (non-hydrogen) atoms. The molecule has 0 radical (unpaired) electrons. The van der Waals surface area contributed by atoms with E-state index < -0.39 is 0 Å². The lowest BCUT2D eigenvalue weighted by Crippen LogP contribution is -2.08. The van der Waals surface area contributed by atoms with Gasteiger partial charge in [0.2, 0.25) is 5.88 Å². The Kier molecular flexibility index (Phi) is 2.32. The molecule has 1 rings (SSSR count). The van der Waals surface area contributed by atoms with Crippen LogP contribution < -0.4 is 0 Å². The zero-order valence-electron chi connectivity index (χ0n) is 7.42. The van der Waals surface area contributed by atoms with Gasteiger partial charge in [0.15, 0.2) is 0 Å². The van der Waals surface area contributed by atoms with E-state index in [-0.39, 0.29) is 0 Å². The molecule has 0 amide bonds. The Bertz CT molecular complexity index is 192. The molecule has 0 atom stereocenters. The molecule has 0 fully saturated rings. The largest absolute Gasteiger partial charge is 0.481 e. The molecule has 0 aromatic heterocycles. The van der Waals surface area contributed by atoms with Gasteiger partial charge in [0, 0.05) is 6.21 Å². The summed E-state index contributed by atoms with van der Waals surface area (Å²) in [6.07, 6.45) is 6.04. The second kappa shape index (κ2) is 3.07. The van der Waals surface area contributed by atoms with Gasteiger partial charge in [-0.2, -0.15) is 0 Å². The number of aliphatic imine (C=N–C) groups is 1. The Labute approximate surface area is 68.0 Å². The first-order chi connectivity index (χ1) is 5.14. The van der Waals surface area contributed by atoms with Gasteiger partial charge in [0.05, 0.1) is 7.11 Å². The van der Waals surface area contributed by atoms with Gasteiger partial charge >= 0.3 is 0 Å². The second-order valence-corrected chi connectivity index (χ2v) is 3.63. The molecular weight excluding hydrogens is 138 g/mol. The van der Waals surface area contributed by atoms with E-state index in [1.54, 1.807) is 7.11 Å². The summed E-state index contributed by atoms with van der Waals surface area (Å²) in [6.45, 7) is 4.46. The molecule has 0 spiro atoms. The van der Waals surface area contributed by atoms with Crippen LogP contribution in [0.5, 0.6) is 0 Å². The number of hydrogen-bond acceptors (Lipinski definition) is 2. The quantitative estimate of drug-likeness (QED) is 0.566. The van der Waals surface area contributed by atoms with Crippen molar-refractivity contribution in [3.63, 3.8) is 0 Å². The average Bonchev–Trinajstić information content (AvgIpc) is 2.10. The smallest absolute Gasteiger partial charge is 0.208 e. The van der Waals surface area contributed by atoms with Crippen LogP contribution in [-0.2, 0) is 4.74 Å². The van der Waals surface area contributed by atoms with Crippen molar-refractivity contribution in [2.45, 2.75) is 26.7 Å². The van der Waals surface area contributed by atoms with Crippen molar-refractivity contribution in [3.05, 3.63) is 12.0 Å². The van der Waals surface area contributed by atoms with Gasteiger partial charge in [0.25, 0.3) is 0 Å². The van der Waals surface area contributed by atoms with E-state index in [0.29, 0.717) is 5.41 Å². The lowest BCUT2D eigenvalue weighted by atomic mass is 9.87. The van der Waals surface area contributed by atoms with Gasteiger partial charge in [0.1, 0.15) is 0 Å². The summed E-state index contributed by atoms with van der Waals surface area (Å²) >= 11 is 0. The molecule has 1 aliphatic rings. The number of ether oxygens (including phenoxy) is 1. The monoisotopic (exact) mass is 153 g/mol. The van der Waals surface area contributed by atoms with Crippen LogP contribution in [0.2, 0.25) is 0 Å². The summed E-state index contributed by atoms with van der Waals surface area (Å²) in [5.74, 6) is 0.746. The minimum atomic E-state index is 0.337. The van der Waals surface area contributed by atoms with Crippen LogP contribution in [0.3, 0.4) is 0 Å². The van der Waals surface area contributed by atoms with Gasteiger partial charge in [-0.3, -0.25) is 0 Å². The number of hydrogen-bond donors (Lipinski definition) is 0. The molecule has 2 heteroatoms. The number of nitrogens with zero attached hydrogens (tertiary/aromatic N) is 1. The van der Waals surface area contributed by atoms with Crippen LogP contribution in [0.25, 0.3) is 0 Å². The summed E-state index contributed by atoms with van der Waals surface area (Å²) in [6, 6.07) is 0. The lowest BCUT2D eigenvalue weighted by molar-refractivity contribution is 0.285. The first-order valence-corrected chi connectivity index (χ1v) is 3.91. The van der Waals surface area contributed by atoms with Crippen LogP contribution in [0.15, 0.2) is 17.0 Å².